The number of pyridine rings is 1. The molecule has 1 saturated carbocycles. The number of anilines is 2. The molecule has 1 aliphatic carbocycles. The summed E-state index contributed by atoms with van der Waals surface area (Å²) >= 11 is 0. The van der Waals surface area contributed by atoms with E-state index >= 15 is 0 Å². The first-order valence-corrected chi connectivity index (χ1v) is 15.0. The van der Waals surface area contributed by atoms with Gasteiger partial charge in [0.15, 0.2) is 0 Å². The van der Waals surface area contributed by atoms with Crippen LogP contribution >= 0.6 is 0 Å². The van der Waals surface area contributed by atoms with Crippen molar-refractivity contribution >= 4 is 28.6 Å². The van der Waals surface area contributed by atoms with Gasteiger partial charge in [-0.25, -0.2) is 9.67 Å². The largest absolute Gasteiger partial charge is 0.477 e. The summed E-state index contributed by atoms with van der Waals surface area (Å²) in [6, 6.07) is 8.17. The lowest BCUT2D eigenvalue weighted by Gasteiger charge is -2.34. The van der Waals surface area contributed by atoms with E-state index in [0.717, 1.165) is 62.9 Å². The van der Waals surface area contributed by atoms with Gasteiger partial charge in [-0.3, -0.25) is 14.9 Å². The number of imidazole rings is 1. The average molecular weight is 571 g/mol. The van der Waals surface area contributed by atoms with Crippen molar-refractivity contribution in [3.05, 3.63) is 52.6 Å². The zero-order valence-corrected chi connectivity index (χ0v) is 24.5. The summed E-state index contributed by atoms with van der Waals surface area (Å²) in [6.07, 6.45) is 6.96. The molecule has 5 heterocycles. The highest BCUT2D eigenvalue weighted by molar-refractivity contribution is 6.04. The second-order valence-corrected chi connectivity index (χ2v) is 12.1. The van der Waals surface area contributed by atoms with Gasteiger partial charge in [0.1, 0.15) is 0 Å². The van der Waals surface area contributed by atoms with E-state index in [2.05, 4.69) is 57.0 Å². The summed E-state index contributed by atoms with van der Waals surface area (Å²) in [6.45, 7) is 7.46. The summed E-state index contributed by atoms with van der Waals surface area (Å²) in [4.78, 5) is 37.1. The Morgan fingerprint density at radius 3 is 2.60 bits per heavy atom. The van der Waals surface area contributed by atoms with Crippen molar-refractivity contribution in [2.24, 2.45) is 13.0 Å². The second-order valence-electron chi connectivity index (χ2n) is 12.1. The van der Waals surface area contributed by atoms with E-state index in [1.54, 1.807) is 27.7 Å². The minimum Gasteiger partial charge on any atom is -0.477 e. The molecule has 1 N–H and O–H groups in total. The molecule has 2 bridgehead atoms. The first-order valence-electron chi connectivity index (χ1n) is 15.0. The van der Waals surface area contributed by atoms with Crippen LogP contribution in [0.15, 0.2) is 41.5 Å². The molecule has 4 aromatic rings. The monoisotopic (exact) mass is 570 g/mol. The molecule has 3 aliphatic rings. The number of nitrogens with one attached hydrogen (secondary N) is 1. The van der Waals surface area contributed by atoms with E-state index in [0.29, 0.717) is 47.6 Å². The van der Waals surface area contributed by atoms with Crippen LogP contribution in [0.4, 0.5) is 11.6 Å². The molecule has 3 aromatic heterocycles. The standard InChI is InChI=1S/C31H38N8O3/c1-20-5-4-14-42-30-25(17-32-36(30)3)24-15-21(19-38(29(24)41)22-6-7-22)28(40)34-31-33-26-9-8-23(16-27(26)39(31)18-20)37-12-10-35(2)11-13-37/h8-9,15-17,19-20,22H,4-7,10-14,18H2,1-3H3,(H,33,34,40)/t20-/m1/s1. The van der Waals surface area contributed by atoms with Gasteiger partial charge in [-0.1, -0.05) is 6.92 Å². The van der Waals surface area contributed by atoms with Crippen LogP contribution < -0.4 is 20.5 Å². The van der Waals surface area contributed by atoms with Gasteiger partial charge in [-0.15, -0.1) is 0 Å². The number of aromatic nitrogens is 5. The number of aryl methyl sites for hydroxylation is 1. The van der Waals surface area contributed by atoms with Crippen molar-refractivity contribution < 1.29 is 9.53 Å². The van der Waals surface area contributed by atoms with E-state index in [-0.39, 0.29) is 17.5 Å². The van der Waals surface area contributed by atoms with Gasteiger partial charge >= 0.3 is 0 Å². The minimum absolute atomic E-state index is 0.102. The fourth-order valence-electron chi connectivity index (χ4n) is 6.16. The Morgan fingerprint density at radius 2 is 1.81 bits per heavy atom. The lowest BCUT2D eigenvalue weighted by atomic mass is 10.1. The summed E-state index contributed by atoms with van der Waals surface area (Å²) in [5, 5.41) is 7.50. The SMILES string of the molecule is C[C@@H]1CCCOc2c(cnn2C)-c2cc(cn(C3CC3)c2=O)C(=O)Nc2nc3ccc(N4CCN(C)CC4)cc3n2C1. The smallest absolute Gasteiger partial charge is 0.259 e. The number of hydrogen-bond acceptors (Lipinski definition) is 7. The fourth-order valence-corrected chi connectivity index (χ4v) is 6.16. The Labute approximate surface area is 244 Å². The molecule has 11 nitrogen and oxygen atoms in total. The van der Waals surface area contributed by atoms with E-state index in [1.165, 1.54) is 5.69 Å². The van der Waals surface area contributed by atoms with Crippen LogP contribution in [0, 0.1) is 5.92 Å². The summed E-state index contributed by atoms with van der Waals surface area (Å²) in [5.41, 5.74) is 4.35. The highest BCUT2D eigenvalue weighted by Crippen LogP contribution is 2.36. The maximum absolute atomic E-state index is 13.9. The first kappa shape index (κ1) is 26.8. The Kier molecular flexibility index (Phi) is 6.76. The van der Waals surface area contributed by atoms with Crippen LogP contribution in [-0.4, -0.2) is 74.5 Å². The number of ether oxygens (including phenoxy) is 1. The Hall–Kier alpha value is -4.12. The molecule has 1 aromatic carbocycles. The van der Waals surface area contributed by atoms with E-state index in [1.807, 2.05) is 7.05 Å². The Morgan fingerprint density at radius 1 is 1.00 bits per heavy atom. The molecule has 220 valence electrons. The third-order valence-electron chi connectivity index (χ3n) is 8.82. The lowest BCUT2D eigenvalue weighted by Crippen LogP contribution is -2.44. The summed E-state index contributed by atoms with van der Waals surface area (Å²) in [7, 11) is 3.97. The minimum atomic E-state index is -0.296. The molecule has 2 fully saturated rings. The number of nitrogens with zero attached hydrogens (tertiary/aromatic N) is 7. The van der Waals surface area contributed by atoms with Crippen LogP contribution in [0.3, 0.4) is 0 Å². The van der Waals surface area contributed by atoms with Crippen LogP contribution in [0.25, 0.3) is 22.2 Å². The second kappa shape index (κ2) is 10.6. The molecule has 2 aliphatic heterocycles. The molecule has 42 heavy (non-hydrogen) atoms. The number of fused-ring (bicyclic) bond motifs is 7. The maximum atomic E-state index is 13.9. The summed E-state index contributed by atoms with van der Waals surface area (Å²) in [5.74, 6) is 1.09. The van der Waals surface area contributed by atoms with Crippen molar-refractivity contribution in [1.29, 1.82) is 0 Å². The molecule has 0 spiro atoms. The third kappa shape index (κ3) is 4.95. The van der Waals surface area contributed by atoms with Crippen molar-refractivity contribution in [3.8, 4) is 17.0 Å². The number of piperazine rings is 1. The van der Waals surface area contributed by atoms with Gasteiger partial charge in [0, 0.05) is 57.7 Å². The molecular weight excluding hydrogens is 532 g/mol. The topological polar surface area (TPSA) is 102 Å². The zero-order chi connectivity index (χ0) is 29.0. The van der Waals surface area contributed by atoms with E-state index in [4.69, 9.17) is 9.72 Å². The van der Waals surface area contributed by atoms with Crippen molar-refractivity contribution in [2.75, 3.05) is 50.1 Å². The molecule has 11 heteroatoms. The van der Waals surface area contributed by atoms with Crippen molar-refractivity contribution in [3.63, 3.8) is 0 Å². The Balaban J connectivity index is 1.32. The molecule has 0 unspecified atom stereocenters. The van der Waals surface area contributed by atoms with E-state index in [9.17, 15) is 9.59 Å². The van der Waals surface area contributed by atoms with Gasteiger partial charge in [-0.2, -0.15) is 5.10 Å². The number of carbonyl (C=O) groups is 1. The molecule has 1 amide bonds. The number of hydrogen-bond donors (Lipinski definition) is 1. The third-order valence-corrected chi connectivity index (χ3v) is 8.82. The number of carbonyl (C=O) groups excluding carboxylic acids is 1. The maximum Gasteiger partial charge on any atom is 0.259 e. The number of rotatable bonds is 2. The van der Waals surface area contributed by atoms with E-state index < -0.39 is 0 Å². The van der Waals surface area contributed by atoms with Crippen molar-refractivity contribution in [2.45, 2.75) is 45.2 Å². The quantitative estimate of drug-likeness (QED) is 0.392. The molecule has 0 radical (unpaired) electrons. The highest BCUT2D eigenvalue weighted by atomic mass is 16.5. The van der Waals surface area contributed by atoms with Crippen LogP contribution in [-0.2, 0) is 13.6 Å². The normalized spacial score (nSPS) is 20.3. The molecule has 1 atom stereocenters. The van der Waals surface area contributed by atoms with Gasteiger partial charge in [0.2, 0.25) is 11.8 Å². The average Bonchev–Trinajstić information content (AvgIpc) is 3.69. The number of amides is 1. The fraction of sp³-hybridized carbons (Fsp3) is 0.484. The number of likely N-dealkylation sites (N-methyl/N-ethyl adjacent to an activating group) is 1. The lowest BCUT2D eigenvalue weighted by molar-refractivity contribution is 0.102. The first-order chi connectivity index (χ1) is 20.4. The molecule has 1 saturated heterocycles. The van der Waals surface area contributed by atoms with Crippen LogP contribution in [0.2, 0.25) is 0 Å². The zero-order valence-electron chi connectivity index (χ0n) is 24.5. The molecule has 7 rings (SSSR count). The van der Waals surface area contributed by atoms with Gasteiger partial charge in [0.25, 0.3) is 11.5 Å². The van der Waals surface area contributed by atoms with Crippen LogP contribution in [0.5, 0.6) is 5.88 Å². The highest BCUT2D eigenvalue weighted by Gasteiger charge is 2.29. The molecular formula is C31H38N8O3. The predicted octanol–water partition coefficient (Wildman–Crippen LogP) is 3.75. The van der Waals surface area contributed by atoms with Crippen LogP contribution in [0.1, 0.15) is 49.0 Å². The summed E-state index contributed by atoms with van der Waals surface area (Å²) < 4.78 is 11.7. The number of benzene rings is 1. The Bertz CT molecular complexity index is 1710. The predicted molar refractivity (Wildman–Crippen MR) is 162 cm³/mol. The van der Waals surface area contributed by atoms with Gasteiger partial charge < -0.3 is 23.7 Å². The van der Waals surface area contributed by atoms with Gasteiger partial charge in [-0.05, 0) is 62.9 Å². The van der Waals surface area contributed by atoms with Gasteiger partial charge in [0.05, 0.1) is 40.5 Å². The van der Waals surface area contributed by atoms with Crippen molar-refractivity contribution in [1.82, 2.24) is 28.8 Å².